The van der Waals surface area contributed by atoms with Gasteiger partial charge in [0.05, 0.1) is 16.2 Å². The van der Waals surface area contributed by atoms with Crippen LogP contribution in [0.5, 0.6) is 0 Å². The van der Waals surface area contributed by atoms with E-state index in [2.05, 4.69) is 4.98 Å². The number of halogens is 1. The second-order valence-electron chi connectivity index (χ2n) is 3.89. The van der Waals surface area contributed by atoms with Gasteiger partial charge in [0.25, 0.3) is 0 Å². The Hall–Kier alpha value is -2.13. The monoisotopic (exact) mass is 256 g/mol. The third-order valence-electron chi connectivity index (χ3n) is 2.81. The number of carbonyl (C=O) groups is 1. The van der Waals surface area contributed by atoms with Crippen LogP contribution in [-0.4, -0.2) is 15.8 Å². The summed E-state index contributed by atoms with van der Waals surface area (Å²) < 4.78 is 1.77. The van der Waals surface area contributed by atoms with E-state index in [1.54, 1.807) is 22.9 Å². The van der Waals surface area contributed by atoms with Gasteiger partial charge in [0.15, 0.2) is 12.1 Å². The summed E-state index contributed by atoms with van der Waals surface area (Å²) in [6, 6.07) is 13.1. The van der Waals surface area contributed by atoms with Gasteiger partial charge in [0.1, 0.15) is 0 Å². The molecule has 4 heteroatoms. The minimum absolute atomic E-state index is 0.516. The molecule has 0 saturated carbocycles. The molecule has 0 unspecified atom stereocenters. The molecule has 3 rings (SSSR count). The van der Waals surface area contributed by atoms with E-state index in [0.29, 0.717) is 16.5 Å². The van der Waals surface area contributed by atoms with Crippen LogP contribution in [0.15, 0.2) is 48.7 Å². The number of hydrogen-bond acceptors (Lipinski definition) is 2. The quantitative estimate of drug-likeness (QED) is 0.658. The van der Waals surface area contributed by atoms with Crippen LogP contribution in [0.3, 0.4) is 0 Å². The third-order valence-corrected chi connectivity index (χ3v) is 3.11. The van der Waals surface area contributed by atoms with Crippen LogP contribution in [0.1, 0.15) is 10.5 Å². The van der Waals surface area contributed by atoms with E-state index < -0.39 is 0 Å². The van der Waals surface area contributed by atoms with Crippen LogP contribution < -0.4 is 0 Å². The fourth-order valence-electron chi connectivity index (χ4n) is 2.04. The maximum atomic E-state index is 11.2. The van der Waals surface area contributed by atoms with Crippen molar-refractivity contribution in [2.75, 3.05) is 0 Å². The van der Waals surface area contributed by atoms with E-state index in [1.165, 1.54) is 0 Å². The Bertz CT molecular complexity index is 733. The van der Waals surface area contributed by atoms with Crippen molar-refractivity contribution in [3.63, 3.8) is 0 Å². The molecule has 0 bridgehead atoms. The maximum Gasteiger partial charge on any atom is 0.166 e. The highest BCUT2D eigenvalue weighted by Crippen LogP contribution is 2.26. The van der Waals surface area contributed by atoms with E-state index in [9.17, 15) is 4.79 Å². The lowest BCUT2D eigenvalue weighted by Gasteiger charge is -2.07. The molecule has 88 valence electrons. The number of rotatable bonds is 2. The van der Waals surface area contributed by atoms with Crippen molar-refractivity contribution >= 4 is 28.8 Å². The predicted octanol–water partition coefficient (Wildman–Crippen LogP) is 3.49. The normalized spacial score (nSPS) is 10.7. The zero-order valence-corrected chi connectivity index (χ0v) is 10.1. The Morgan fingerprint density at radius 1 is 1.17 bits per heavy atom. The third kappa shape index (κ3) is 1.60. The lowest BCUT2D eigenvalue weighted by Crippen LogP contribution is -2.01. The van der Waals surface area contributed by atoms with Crippen molar-refractivity contribution in [1.82, 2.24) is 9.55 Å². The molecule has 0 fully saturated rings. The molecule has 0 saturated heterocycles. The number of carbonyl (C=O) groups excluding carboxylic acids is 1. The first-order valence-corrected chi connectivity index (χ1v) is 5.85. The van der Waals surface area contributed by atoms with Crippen LogP contribution >= 0.6 is 11.6 Å². The van der Waals surface area contributed by atoms with E-state index in [1.807, 2.05) is 30.3 Å². The fourth-order valence-corrected chi connectivity index (χ4v) is 2.25. The molecule has 3 aromatic rings. The molecule has 0 aliphatic rings. The second kappa shape index (κ2) is 4.27. The minimum atomic E-state index is 0.516. The number of benzene rings is 1. The molecule has 0 aliphatic heterocycles. The summed E-state index contributed by atoms with van der Waals surface area (Å²) in [6.45, 7) is 0. The van der Waals surface area contributed by atoms with Crippen LogP contribution in [-0.2, 0) is 0 Å². The van der Waals surface area contributed by atoms with Crippen LogP contribution in [0.2, 0.25) is 5.02 Å². The van der Waals surface area contributed by atoms with Gasteiger partial charge in [0.2, 0.25) is 0 Å². The Morgan fingerprint density at radius 2 is 2.00 bits per heavy atom. The lowest BCUT2D eigenvalue weighted by atomic mass is 10.2. The largest absolute Gasteiger partial charge is 0.296 e. The number of nitrogens with zero attached hydrogens (tertiary/aromatic N) is 2. The Labute approximate surface area is 109 Å². The zero-order chi connectivity index (χ0) is 12.5. The van der Waals surface area contributed by atoms with Crippen molar-refractivity contribution < 1.29 is 4.79 Å². The van der Waals surface area contributed by atoms with Gasteiger partial charge in [-0.15, -0.1) is 0 Å². The second-order valence-corrected chi connectivity index (χ2v) is 4.30. The van der Waals surface area contributed by atoms with E-state index in [0.717, 1.165) is 17.2 Å². The van der Waals surface area contributed by atoms with Gasteiger partial charge in [-0.3, -0.25) is 9.36 Å². The van der Waals surface area contributed by atoms with Crippen LogP contribution in [0.4, 0.5) is 0 Å². The molecule has 0 radical (unpaired) electrons. The molecule has 0 atom stereocenters. The standard InChI is InChI=1S/C14H9ClN2O/c15-12-5-3-7-16-14(12)17-11(9-18)8-10-4-1-2-6-13(10)17/h1-9H. The van der Waals surface area contributed by atoms with E-state index in [4.69, 9.17) is 11.6 Å². The molecule has 2 aromatic heterocycles. The number of aromatic nitrogens is 2. The molecular weight excluding hydrogens is 248 g/mol. The lowest BCUT2D eigenvalue weighted by molar-refractivity contribution is 0.111. The number of pyridine rings is 1. The zero-order valence-electron chi connectivity index (χ0n) is 9.38. The average Bonchev–Trinajstić information content (AvgIpc) is 2.78. The summed E-state index contributed by atoms with van der Waals surface area (Å²) in [6.07, 6.45) is 2.47. The molecule has 3 nitrogen and oxygen atoms in total. The Kier molecular flexibility index (Phi) is 2.61. The number of para-hydroxylation sites is 1. The maximum absolute atomic E-state index is 11.2. The molecule has 1 aromatic carbocycles. The smallest absolute Gasteiger partial charge is 0.166 e. The SMILES string of the molecule is O=Cc1cc2ccccc2n1-c1ncccc1Cl. The van der Waals surface area contributed by atoms with Gasteiger partial charge in [-0.1, -0.05) is 29.8 Å². The summed E-state index contributed by atoms with van der Waals surface area (Å²) in [5, 5.41) is 1.50. The van der Waals surface area contributed by atoms with Crippen molar-refractivity contribution in [3.8, 4) is 5.82 Å². The average molecular weight is 257 g/mol. The van der Waals surface area contributed by atoms with Crippen LogP contribution in [0.25, 0.3) is 16.7 Å². The van der Waals surface area contributed by atoms with Gasteiger partial charge in [0, 0.05) is 11.6 Å². The molecule has 2 heterocycles. The van der Waals surface area contributed by atoms with Crippen molar-refractivity contribution in [3.05, 3.63) is 59.4 Å². The van der Waals surface area contributed by atoms with Gasteiger partial charge in [-0.25, -0.2) is 4.98 Å². The molecule has 0 spiro atoms. The number of fused-ring (bicyclic) bond motifs is 1. The summed E-state index contributed by atoms with van der Waals surface area (Å²) in [4.78, 5) is 15.4. The summed E-state index contributed by atoms with van der Waals surface area (Å²) >= 11 is 6.15. The number of aldehydes is 1. The molecule has 18 heavy (non-hydrogen) atoms. The van der Waals surface area contributed by atoms with E-state index in [-0.39, 0.29) is 0 Å². The highest BCUT2D eigenvalue weighted by atomic mass is 35.5. The highest BCUT2D eigenvalue weighted by molar-refractivity contribution is 6.32. The molecule has 0 N–H and O–H groups in total. The minimum Gasteiger partial charge on any atom is -0.296 e. The van der Waals surface area contributed by atoms with Crippen molar-refractivity contribution in [2.45, 2.75) is 0 Å². The van der Waals surface area contributed by atoms with Crippen molar-refractivity contribution in [1.29, 1.82) is 0 Å². The van der Waals surface area contributed by atoms with Crippen LogP contribution in [0, 0.1) is 0 Å². The first kappa shape index (κ1) is 11.0. The molecule has 0 amide bonds. The molecular formula is C14H9ClN2O. The summed E-state index contributed by atoms with van der Waals surface area (Å²) in [5.74, 6) is 0.572. The van der Waals surface area contributed by atoms with Gasteiger partial charge >= 0.3 is 0 Å². The van der Waals surface area contributed by atoms with Gasteiger partial charge < -0.3 is 0 Å². The number of hydrogen-bond donors (Lipinski definition) is 0. The highest BCUT2D eigenvalue weighted by Gasteiger charge is 2.12. The Morgan fingerprint density at radius 3 is 2.78 bits per heavy atom. The Balaban J connectivity index is 2.41. The first-order chi connectivity index (χ1) is 8.81. The topological polar surface area (TPSA) is 34.9 Å². The first-order valence-electron chi connectivity index (χ1n) is 5.48. The summed E-state index contributed by atoms with van der Waals surface area (Å²) in [7, 11) is 0. The van der Waals surface area contributed by atoms with Crippen molar-refractivity contribution in [2.24, 2.45) is 0 Å². The van der Waals surface area contributed by atoms with Gasteiger partial charge in [-0.2, -0.15) is 0 Å². The van der Waals surface area contributed by atoms with E-state index >= 15 is 0 Å². The predicted molar refractivity (Wildman–Crippen MR) is 71.5 cm³/mol. The summed E-state index contributed by atoms with van der Waals surface area (Å²) in [5.41, 5.74) is 1.46. The fraction of sp³-hybridized carbons (Fsp3) is 0. The molecule has 0 aliphatic carbocycles. The van der Waals surface area contributed by atoms with Gasteiger partial charge in [-0.05, 0) is 24.3 Å².